The number of aliphatic hydroxyl groups is 1. The van der Waals surface area contributed by atoms with Gasteiger partial charge in [-0.05, 0) is 68.3 Å². The number of hydrogen-bond acceptors (Lipinski definition) is 7. The minimum Gasteiger partial charge on any atom is -0.507 e. The monoisotopic (exact) mass is 485 g/mol. The fourth-order valence-corrected chi connectivity index (χ4v) is 5.18. The van der Waals surface area contributed by atoms with Crippen molar-refractivity contribution in [2.75, 3.05) is 4.90 Å². The molecule has 1 amide bonds. The average molecular weight is 486 g/mol. The van der Waals surface area contributed by atoms with E-state index in [9.17, 15) is 14.7 Å². The predicted octanol–water partition coefficient (Wildman–Crippen LogP) is 5.41. The lowest BCUT2D eigenvalue weighted by atomic mass is 9.96. The maximum atomic E-state index is 13.3. The maximum Gasteiger partial charge on any atom is 0.301 e. The number of aryl methyl sites for hydroxylation is 1. The van der Waals surface area contributed by atoms with Crippen LogP contribution in [0.3, 0.4) is 0 Å². The minimum absolute atomic E-state index is 0.000755. The number of pyridine rings is 1. The Kier molecular flexibility index (Phi) is 5.82. The Morgan fingerprint density at radius 1 is 1.11 bits per heavy atom. The molecular weight excluding hydrogens is 462 g/mol. The van der Waals surface area contributed by atoms with Crippen molar-refractivity contribution in [2.24, 2.45) is 0 Å². The van der Waals surface area contributed by atoms with Gasteiger partial charge in [-0.3, -0.25) is 19.5 Å². The molecule has 1 unspecified atom stereocenters. The maximum absolute atomic E-state index is 13.3. The third-order valence-electron chi connectivity index (χ3n) is 5.74. The molecular formula is C27H23N3O4S. The molecule has 7 nitrogen and oxygen atoms in total. The second-order valence-corrected chi connectivity index (χ2v) is 9.58. The zero-order valence-electron chi connectivity index (χ0n) is 19.4. The summed E-state index contributed by atoms with van der Waals surface area (Å²) in [5, 5.41) is 11.7. The van der Waals surface area contributed by atoms with E-state index in [2.05, 4.69) is 9.97 Å². The van der Waals surface area contributed by atoms with Gasteiger partial charge in [-0.1, -0.05) is 29.5 Å². The van der Waals surface area contributed by atoms with E-state index in [1.165, 1.54) is 16.2 Å². The van der Waals surface area contributed by atoms with Gasteiger partial charge in [-0.2, -0.15) is 0 Å². The van der Waals surface area contributed by atoms with E-state index >= 15 is 0 Å². The highest BCUT2D eigenvalue weighted by molar-refractivity contribution is 7.22. The summed E-state index contributed by atoms with van der Waals surface area (Å²) in [6.07, 6.45) is 3.21. The van der Waals surface area contributed by atoms with E-state index in [1.54, 1.807) is 42.7 Å². The number of nitrogens with zero attached hydrogens (tertiary/aromatic N) is 3. The SMILES string of the molecule is Cc1cc(/C(O)=C2\C(=O)C(=O)N(c3nc4ccccc4s3)C2c2cccnc2)ccc1OC(C)C. The van der Waals surface area contributed by atoms with Crippen LogP contribution >= 0.6 is 11.3 Å². The molecule has 0 radical (unpaired) electrons. The molecule has 4 aromatic rings. The van der Waals surface area contributed by atoms with Gasteiger partial charge in [0, 0.05) is 18.0 Å². The molecule has 1 atom stereocenters. The van der Waals surface area contributed by atoms with Crippen molar-refractivity contribution in [3.05, 3.63) is 89.3 Å². The van der Waals surface area contributed by atoms with Crippen molar-refractivity contribution in [3.8, 4) is 5.75 Å². The number of Topliss-reactive ketones (excluding diaryl/α,β-unsaturated/α-hetero) is 1. The molecule has 0 saturated carbocycles. The Morgan fingerprint density at radius 3 is 2.60 bits per heavy atom. The fourth-order valence-electron chi connectivity index (χ4n) is 4.18. The molecule has 1 saturated heterocycles. The zero-order valence-corrected chi connectivity index (χ0v) is 20.2. The first-order chi connectivity index (χ1) is 16.8. The van der Waals surface area contributed by atoms with Crippen LogP contribution in [-0.2, 0) is 9.59 Å². The summed E-state index contributed by atoms with van der Waals surface area (Å²) >= 11 is 1.32. The lowest BCUT2D eigenvalue weighted by Crippen LogP contribution is -2.29. The molecule has 1 aliphatic rings. The molecule has 0 bridgehead atoms. The normalized spacial score (nSPS) is 17.5. The Morgan fingerprint density at radius 2 is 1.91 bits per heavy atom. The Hall–Kier alpha value is -4.04. The summed E-state index contributed by atoms with van der Waals surface area (Å²) in [4.78, 5) is 36.8. The Bertz CT molecular complexity index is 1440. The first kappa shape index (κ1) is 22.7. The van der Waals surface area contributed by atoms with E-state index in [-0.39, 0.29) is 17.4 Å². The van der Waals surface area contributed by atoms with Gasteiger partial charge in [0.25, 0.3) is 5.78 Å². The molecule has 8 heteroatoms. The number of aromatic nitrogens is 2. The zero-order chi connectivity index (χ0) is 24.7. The molecule has 3 heterocycles. The number of aliphatic hydroxyl groups excluding tert-OH is 1. The van der Waals surface area contributed by atoms with Crippen LogP contribution in [0, 0.1) is 6.92 Å². The topological polar surface area (TPSA) is 92.6 Å². The lowest BCUT2D eigenvalue weighted by molar-refractivity contribution is -0.132. The van der Waals surface area contributed by atoms with Crippen LogP contribution in [0.2, 0.25) is 0 Å². The minimum atomic E-state index is -0.865. The summed E-state index contributed by atoms with van der Waals surface area (Å²) < 4.78 is 6.69. The molecule has 2 aromatic carbocycles. The van der Waals surface area contributed by atoms with Gasteiger partial charge in [0.1, 0.15) is 11.5 Å². The van der Waals surface area contributed by atoms with Crippen molar-refractivity contribution >= 4 is 44.1 Å². The molecule has 1 fully saturated rings. The molecule has 1 N–H and O–H groups in total. The predicted molar refractivity (Wildman–Crippen MR) is 136 cm³/mol. The van der Waals surface area contributed by atoms with Gasteiger partial charge in [-0.15, -0.1) is 0 Å². The van der Waals surface area contributed by atoms with Crippen LogP contribution < -0.4 is 9.64 Å². The third kappa shape index (κ3) is 4.06. The number of fused-ring (bicyclic) bond motifs is 1. The van der Waals surface area contributed by atoms with E-state index in [0.717, 1.165) is 15.8 Å². The highest BCUT2D eigenvalue weighted by Gasteiger charge is 2.48. The summed E-state index contributed by atoms with van der Waals surface area (Å²) in [6, 6.07) is 15.4. The van der Waals surface area contributed by atoms with E-state index < -0.39 is 17.7 Å². The van der Waals surface area contributed by atoms with Crippen LogP contribution in [0.25, 0.3) is 16.0 Å². The van der Waals surface area contributed by atoms with Crippen LogP contribution in [-0.4, -0.2) is 32.9 Å². The Balaban J connectivity index is 1.67. The number of hydrogen-bond donors (Lipinski definition) is 1. The molecule has 1 aliphatic heterocycles. The van der Waals surface area contributed by atoms with Crippen LogP contribution in [0.1, 0.15) is 36.6 Å². The van der Waals surface area contributed by atoms with Crippen LogP contribution in [0.4, 0.5) is 5.13 Å². The van der Waals surface area contributed by atoms with E-state index in [1.807, 2.05) is 45.0 Å². The standard InChI is InChI=1S/C27H23N3O4S/c1-15(2)34-20-11-10-17(13-16(20)3)24(31)22-23(18-7-6-12-28-14-18)30(26(33)25(22)32)27-29-19-8-4-5-9-21(19)35-27/h4-15,23,31H,1-3H3/b24-22+. The number of carbonyl (C=O) groups excluding carboxylic acids is 2. The highest BCUT2D eigenvalue weighted by Crippen LogP contribution is 2.44. The number of rotatable bonds is 5. The molecule has 0 spiro atoms. The molecule has 35 heavy (non-hydrogen) atoms. The van der Waals surface area contributed by atoms with Crippen molar-refractivity contribution in [1.82, 2.24) is 9.97 Å². The molecule has 5 rings (SSSR count). The quantitative estimate of drug-likeness (QED) is 0.231. The summed E-state index contributed by atoms with van der Waals surface area (Å²) in [5.74, 6) is -1.07. The molecule has 2 aromatic heterocycles. The number of benzene rings is 2. The smallest absolute Gasteiger partial charge is 0.301 e. The van der Waals surface area contributed by atoms with Gasteiger partial charge in [0.05, 0.1) is 27.9 Å². The number of amides is 1. The molecule has 176 valence electrons. The second-order valence-electron chi connectivity index (χ2n) is 8.57. The van der Waals surface area contributed by atoms with Gasteiger partial charge in [0.2, 0.25) is 0 Å². The highest BCUT2D eigenvalue weighted by atomic mass is 32.1. The summed E-state index contributed by atoms with van der Waals surface area (Å²) in [6.45, 7) is 5.74. The lowest BCUT2D eigenvalue weighted by Gasteiger charge is -2.22. The van der Waals surface area contributed by atoms with Crippen molar-refractivity contribution in [3.63, 3.8) is 0 Å². The number of thiazole rings is 1. The molecule has 0 aliphatic carbocycles. The summed E-state index contributed by atoms with van der Waals surface area (Å²) in [7, 11) is 0. The van der Waals surface area contributed by atoms with Crippen LogP contribution in [0.5, 0.6) is 5.75 Å². The average Bonchev–Trinajstić information content (AvgIpc) is 3.38. The fraction of sp³-hybridized carbons (Fsp3) is 0.185. The largest absolute Gasteiger partial charge is 0.507 e. The van der Waals surface area contributed by atoms with Crippen molar-refractivity contribution in [1.29, 1.82) is 0 Å². The number of carbonyl (C=O) groups is 2. The second kappa shape index (κ2) is 8.96. The van der Waals surface area contributed by atoms with Gasteiger partial charge >= 0.3 is 5.91 Å². The number of ketones is 1. The van der Waals surface area contributed by atoms with E-state index in [0.29, 0.717) is 22.0 Å². The van der Waals surface area contributed by atoms with Gasteiger partial charge < -0.3 is 9.84 Å². The Labute approximate surface area is 206 Å². The van der Waals surface area contributed by atoms with Gasteiger partial charge in [0.15, 0.2) is 5.13 Å². The summed E-state index contributed by atoms with van der Waals surface area (Å²) in [5.41, 5.74) is 2.56. The number of ether oxygens (including phenoxy) is 1. The first-order valence-corrected chi connectivity index (χ1v) is 12.0. The van der Waals surface area contributed by atoms with Gasteiger partial charge in [-0.25, -0.2) is 4.98 Å². The van der Waals surface area contributed by atoms with Crippen molar-refractivity contribution < 1.29 is 19.4 Å². The third-order valence-corrected chi connectivity index (χ3v) is 6.78. The number of para-hydroxylation sites is 1. The number of anilines is 1. The van der Waals surface area contributed by atoms with E-state index in [4.69, 9.17) is 4.74 Å². The van der Waals surface area contributed by atoms with Crippen molar-refractivity contribution in [2.45, 2.75) is 32.9 Å². The van der Waals surface area contributed by atoms with Crippen LogP contribution in [0.15, 0.2) is 72.6 Å². The first-order valence-electron chi connectivity index (χ1n) is 11.2.